The number of imidazole rings is 1. The first kappa shape index (κ1) is 17.5. The summed E-state index contributed by atoms with van der Waals surface area (Å²) in [5.41, 5.74) is 2.60. The number of fused-ring (bicyclic) bond motifs is 1. The number of nitrogens with one attached hydrogen (secondary N) is 1. The van der Waals surface area contributed by atoms with Crippen LogP contribution in [0.2, 0.25) is 0 Å². The molecule has 0 atom stereocenters. The smallest absolute Gasteiger partial charge is 0.314 e. The van der Waals surface area contributed by atoms with Gasteiger partial charge in [-0.2, -0.15) is 8.78 Å². The van der Waals surface area contributed by atoms with Crippen LogP contribution in [0, 0.1) is 17.8 Å². The lowest BCUT2D eigenvalue weighted by atomic mass is 9.53. The average Bonchev–Trinajstić information content (AvgIpc) is 3.32. The second-order valence-corrected chi connectivity index (χ2v) is 9.21. The lowest BCUT2D eigenvalue weighted by Gasteiger charge is -2.57. The van der Waals surface area contributed by atoms with Crippen molar-refractivity contribution in [3.05, 3.63) is 36.1 Å². The standard InChI is InChI=1S/C21H23F2N5O/c22-18(23)20-27-26-19(29-20)15-1-2-28-11-16(25-17(28)6-15)10-24-21-7-12-3-13(8-21)5-14(4-12)9-21/h1-2,6,11-14,18,24H,3-5,7-10H2. The van der Waals surface area contributed by atoms with Gasteiger partial charge in [-0.25, -0.2) is 4.98 Å². The lowest BCUT2D eigenvalue weighted by molar-refractivity contribution is -0.0207. The van der Waals surface area contributed by atoms with Gasteiger partial charge < -0.3 is 14.1 Å². The summed E-state index contributed by atoms with van der Waals surface area (Å²) in [6, 6.07) is 3.56. The van der Waals surface area contributed by atoms with E-state index in [0.717, 1.165) is 35.6 Å². The molecule has 7 rings (SSSR count). The number of halogens is 2. The third kappa shape index (κ3) is 3.04. The summed E-state index contributed by atoms with van der Waals surface area (Å²) in [6.45, 7) is 0.749. The molecule has 4 saturated carbocycles. The normalized spacial score (nSPS) is 30.7. The van der Waals surface area contributed by atoms with Crippen LogP contribution in [-0.2, 0) is 6.54 Å². The minimum Gasteiger partial charge on any atom is -0.415 e. The van der Waals surface area contributed by atoms with E-state index in [9.17, 15) is 8.78 Å². The molecule has 0 amide bonds. The zero-order chi connectivity index (χ0) is 19.6. The van der Waals surface area contributed by atoms with Gasteiger partial charge in [-0.15, -0.1) is 10.2 Å². The van der Waals surface area contributed by atoms with E-state index >= 15 is 0 Å². The van der Waals surface area contributed by atoms with Crippen LogP contribution in [0.4, 0.5) is 8.78 Å². The molecular formula is C21H23F2N5O. The topological polar surface area (TPSA) is 68.2 Å². The first-order chi connectivity index (χ1) is 14.1. The van der Waals surface area contributed by atoms with Gasteiger partial charge in [0.05, 0.1) is 5.69 Å². The highest BCUT2D eigenvalue weighted by atomic mass is 19.3. The monoisotopic (exact) mass is 399 g/mol. The van der Waals surface area contributed by atoms with Crippen molar-refractivity contribution in [1.82, 2.24) is 24.9 Å². The minimum absolute atomic E-state index is 0.0824. The number of rotatable bonds is 5. The van der Waals surface area contributed by atoms with Crippen molar-refractivity contribution in [2.75, 3.05) is 0 Å². The highest BCUT2D eigenvalue weighted by Gasteiger charge is 2.50. The molecule has 0 spiro atoms. The SMILES string of the molecule is FC(F)c1nnc(-c2ccn3cc(CNC45CC6CC(CC(C6)C4)C5)nc3c2)o1. The van der Waals surface area contributed by atoms with Crippen molar-refractivity contribution in [2.24, 2.45) is 17.8 Å². The molecule has 0 unspecified atom stereocenters. The number of hydrogen-bond donors (Lipinski definition) is 1. The Morgan fingerprint density at radius 1 is 1.14 bits per heavy atom. The van der Waals surface area contributed by atoms with E-state index in [4.69, 9.17) is 9.40 Å². The molecule has 4 aliphatic rings. The highest BCUT2D eigenvalue weighted by molar-refractivity contribution is 5.59. The largest absolute Gasteiger partial charge is 0.415 e. The van der Waals surface area contributed by atoms with Crippen molar-refractivity contribution < 1.29 is 13.2 Å². The first-order valence-corrected chi connectivity index (χ1v) is 10.4. The van der Waals surface area contributed by atoms with Crippen molar-refractivity contribution in [2.45, 2.75) is 57.0 Å². The molecule has 4 aliphatic carbocycles. The van der Waals surface area contributed by atoms with Crippen LogP contribution < -0.4 is 5.32 Å². The fourth-order valence-corrected chi connectivity index (χ4v) is 6.30. The van der Waals surface area contributed by atoms with E-state index in [1.54, 1.807) is 12.1 Å². The predicted molar refractivity (Wildman–Crippen MR) is 101 cm³/mol. The van der Waals surface area contributed by atoms with Gasteiger partial charge in [0.15, 0.2) is 0 Å². The Hall–Kier alpha value is -2.35. The summed E-state index contributed by atoms with van der Waals surface area (Å²) in [5.74, 6) is 2.14. The molecule has 0 radical (unpaired) electrons. The molecule has 1 N–H and O–H groups in total. The number of nitrogens with zero attached hydrogens (tertiary/aromatic N) is 4. The summed E-state index contributed by atoms with van der Waals surface area (Å²) in [6.07, 6.45) is 9.31. The third-order valence-corrected chi connectivity index (χ3v) is 7.07. The van der Waals surface area contributed by atoms with Crippen LogP contribution >= 0.6 is 0 Å². The van der Waals surface area contributed by atoms with Crippen LogP contribution in [0.15, 0.2) is 28.9 Å². The average molecular weight is 399 g/mol. The zero-order valence-corrected chi connectivity index (χ0v) is 16.0. The summed E-state index contributed by atoms with van der Waals surface area (Å²) in [4.78, 5) is 4.72. The molecule has 8 heteroatoms. The Balaban J connectivity index is 1.21. The van der Waals surface area contributed by atoms with Gasteiger partial charge in [0.2, 0.25) is 5.89 Å². The number of pyridine rings is 1. The number of alkyl halides is 2. The summed E-state index contributed by atoms with van der Waals surface area (Å²) in [5, 5.41) is 11.0. The van der Waals surface area contributed by atoms with E-state index in [0.29, 0.717) is 11.1 Å². The Kier molecular flexibility index (Phi) is 3.82. The summed E-state index contributed by atoms with van der Waals surface area (Å²) >= 11 is 0. The van der Waals surface area contributed by atoms with Crippen molar-refractivity contribution in [1.29, 1.82) is 0 Å². The van der Waals surface area contributed by atoms with Crippen LogP contribution in [0.25, 0.3) is 17.1 Å². The Morgan fingerprint density at radius 2 is 1.86 bits per heavy atom. The predicted octanol–water partition coefficient (Wildman–Crippen LogP) is 4.38. The van der Waals surface area contributed by atoms with Crippen molar-refractivity contribution in [3.63, 3.8) is 0 Å². The van der Waals surface area contributed by atoms with E-state index < -0.39 is 12.3 Å². The molecule has 0 aliphatic heterocycles. The van der Waals surface area contributed by atoms with Gasteiger partial charge in [0.1, 0.15) is 5.65 Å². The van der Waals surface area contributed by atoms with E-state index in [1.807, 2.05) is 16.8 Å². The Morgan fingerprint density at radius 3 is 2.52 bits per heavy atom. The molecule has 0 saturated heterocycles. The third-order valence-electron chi connectivity index (χ3n) is 7.07. The van der Waals surface area contributed by atoms with Gasteiger partial charge in [-0.05, 0) is 68.4 Å². The Labute approximate surface area is 166 Å². The summed E-state index contributed by atoms with van der Waals surface area (Å²) in [7, 11) is 0. The van der Waals surface area contributed by atoms with Crippen molar-refractivity contribution >= 4 is 5.65 Å². The highest BCUT2D eigenvalue weighted by Crippen LogP contribution is 2.55. The Bertz CT molecular complexity index is 1020. The molecule has 3 aromatic heterocycles. The van der Waals surface area contributed by atoms with Gasteiger partial charge in [-0.1, -0.05) is 0 Å². The molecule has 3 heterocycles. The van der Waals surface area contributed by atoms with Crippen LogP contribution in [-0.4, -0.2) is 25.1 Å². The molecular weight excluding hydrogens is 376 g/mol. The maximum Gasteiger partial charge on any atom is 0.314 e. The molecule has 4 bridgehead atoms. The molecule has 29 heavy (non-hydrogen) atoms. The van der Waals surface area contributed by atoms with Crippen molar-refractivity contribution in [3.8, 4) is 11.5 Å². The first-order valence-electron chi connectivity index (χ1n) is 10.4. The van der Waals surface area contributed by atoms with E-state index in [1.165, 1.54) is 38.5 Å². The molecule has 4 fully saturated rings. The number of hydrogen-bond acceptors (Lipinski definition) is 5. The van der Waals surface area contributed by atoms with E-state index in [-0.39, 0.29) is 5.89 Å². The molecule has 0 aromatic carbocycles. The van der Waals surface area contributed by atoms with Crippen LogP contribution in [0.5, 0.6) is 0 Å². The van der Waals surface area contributed by atoms with Crippen LogP contribution in [0.1, 0.15) is 56.5 Å². The minimum atomic E-state index is -2.77. The fraction of sp³-hybridized carbons (Fsp3) is 0.571. The second kappa shape index (κ2) is 6.32. The maximum atomic E-state index is 12.7. The van der Waals surface area contributed by atoms with Gasteiger partial charge in [0, 0.05) is 30.0 Å². The lowest BCUT2D eigenvalue weighted by Crippen LogP contribution is -2.58. The zero-order valence-electron chi connectivity index (χ0n) is 16.0. The molecule has 3 aromatic rings. The molecule has 6 nitrogen and oxygen atoms in total. The second-order valence-electron chi connectivity index (χ2n) is 9.21. The van der Waals surface area contributed by atoms with E-state index in [2.05, 4.69) is 15.5 Å². The van der Waals surface area contributed by atoms with Gasteiger partial charge in [0.25, 0.3) is 5.89 Å². The quantitative estimate of drug-likeness (QED) is 0.690. The van der Waals surface area contributed by atoms with Gasteiger partial charge >= 0.3 is 6.43 Å². The maximum absolute atomic E-state index is 12.7. The molecule has 152 valence electrons. The number of aromatic nitrogens is 4. The van der Waals surface area contributed by atoms with Gasteiger partial charge in [-0.3, -0.25) is 0 Å². The summed E-state index contributed by atoms with van der Waals surface area (Å²) < 4.78 is 32.4. The van der Waals surface area contributed by atoms with Crippen LogP contribution in [0.3, 0.4) is 0 Å². The fourth-order valence-electron chi connectivity index (χ4n) is 6.30.